The highest BCUT2D eigenvalue weighted by atomic mass is 35.5. The molecule has 1 atom stereocenters. The Balaban J connectivity index is 2.01. The molecule has 214 valence electrons. The SMILES string of the molecule is COc1ccc(S(=O)(=O)N(CC(=O)N(Cc2cccc(C)c2)C(C)C(=O)NCC(C)C)c2ccc(Cl)cc2)cc1. The summed E-state index contributed by atoms with van der Waals surface area (Å²) < 4.78 is 33.9. The third-order valence-corrected chi connectivity index (χ3v) is 8.37. The Kier molecular flexibility index (Phi) is 10.6. The number of anilines is 1. The molecule has 8 nitrogen and oxygen atoms in total. The molecule has 3 rings (SSSR count). The Hall–Kier alpha value is -3.56. The van der Waals surface area contributed by atoms with E-state index in [0.29, 0.717) is 17.3 Å². The lowest BCUT2D eigenvalue weighted by molar-refractivity contribution is -0.139. The van der Waals surface area contributed by atoms with Crippen LogP contribution >= 0.6 is 11.6 Å². The van der Waals surface area contributed by atoms with Crippen molar-refractivity contribution < 1.29 is 22.7 Å². The van der Waals surface area contributed by atoms with E-state index in [0.717, 1.165) is 15.4 Å². The highest BCUT2D eigenvalue weighted by molar-refractivity contribution is 7.92. The Bertz CT molecular complexity index is 1410. The van der Waals surface area contributed by atoms with Crippen molar-refractivity contribution in [3.05, 3.63) is 88.9 Å². The second-order valence-electron chi connectivity index (χ2n) is 9.99. The van der Waals surface area contributed by atoms with E-state index in [2.05, 4.69) is 5.32 Å². The van der Waals surface area contributed by atoms with E-state index >= 15 is 0 Å². The van der Waals surface area contributed by atoms with Crippen LogP contribution in [0.15, 0.2) is 77.7 Å². The largest absolute Gasteiger partial charge is 0.497 e. The Labute approximate surface area is 241 Å². The summed E-state index contributed by atoms with van der Waals surface area (Å²) in [6, 6.07) is 18.9. The lowest BCUT2D eigenvalue weighted by Crippen LogP contribution is -2.51. The number of aryl methyl sites for hydroxylation is 1. The average Bonchev–Trinajstić information content (AvgIpc) is 2.93. The lowest BCUT2D eigenvalue weighted by atomic mass is 10.1. The molecule has 1 unspecified atom stereocenters. The molecule has 0 saturated heterocycles. The molecule has 0 fully saturated rings. The van der Waals surface area contributed by atoms with Crippen LogP contribution in [-0.2, 0) is 26.2 Å². The van der Waals surface area contributed by atoms with Crippen molar-refractivity contribution >= 4 is 39.1 Å². The zero-order valence-electron chi connectivity index (χ0n) is 23.4. The van der Waals surface area contributed by atoms with Gasteiger partial charge in [-0.2, -0.15) is 0 Å². The topological polar surface area (TPSA) is 96.0 Å². The zero-order chi connectivity index (χ0) is 29.4. The van der Waals surface area contributed by atoms with Gasteiger partial charge in [0.05, 0.1) is 17.7 Å². The molecule has 3 aromatic carbocycles. The minimum Gasteiger partial charge on any atom is -0.497 e. The molecule has 0 aromatic heterocycles. The van der Waals surface area contributed by atoms with E-state index in [4.69, 9.17) is 16.3 Å². The molecular formula is C30H36ClN3O5S. The molecule has 0 spiro atoms. The van der Waals surface area contributed by atoms with Gasteiger partial charge in [-0.15, -0.1) is 0 Å². The van der Waals surface area contributed by atoms with E-state index in [1.54, 1.807) is 43.3 Å². The van der Waals surface area contributed by atoms with Crippen molar-refractivity contribution in [2.24, 2.45) is 5.92 Å². The molecule has 2 amide bonds. The van der Waals surface area contributed by atoms with Gasteiger partial charge in [-0.3, -0.25) is 13.9 Å². The molecule has 10 heteroatoms. The normalized spacial score (nSPS) is 12.1. The fourth-order valence-electron chi connectivity index (χ4n) is 4.05. The number of nitrogens with zero attached hydrogens (tertiary/aromatic N) is 2. The molecule has 0 heterocycles. The van der Waals surface area contributed by atoms with Crippen LogP contribution in [0.4, 0.5) is 5.69 Å². The molecule has 0 radical (unpaired) electrons. The standard InChI is InChI=1S/C30H36ClN3O5S/c1-21(2)18-32-30(36)23(4)33(19-24-8-6-7-22(3)17-24)29(35)20-34(26-11-9-25(31)10-12-26)40(37,38)28-15-13-27(39-5)14-16-28/h6-17,21,23H,18-20H2,1-5H3,(H,32,36). The molecule has 0 aliphatic rings. The van der Waals surface area contributed by atoms with Gasteiger partial charge in [0.1, 0.15) is 18.3 Å². The third-order valence-electron chi connectivity index (χ3n) is 6.33. The number of amides is 2. The molecule has 3 aromatic rings. The molecule has 0 saturated carbocycles. The van der Waals surface area contributed by atoms with Gasteiger partial charge in [0, 0.05) is 18.1 Å². The number of sulfonamides is 1. The van der Waals surface area contributed by atoms with Crippen molar-refractivity contribution in [2.45, 2.75) is 45.2 Å². The van der Waals surface area contributed by atoms with Crippen LogP contribution in [0.3, 0.4) is 0 Å². The maximum absolute atomic E-state index is 13.9. The number of methoxy groups -OCH3 is 1. The second-order valence-corrected chi connectivity index (χ2v) is 12.3. The van der Waals surface area contributed by atoms with Gasteiger partial charge in [0.2, 0.25) is 11.8 Å². The molecule has 0 bridgehead atoms. The quantitative estimate of drug-likeness (QED) is 0.321. The van der Waals surface area contributed by atoms with E-state index in [1.807, 2.05) is 45.0 Å². The van der Waals surface area contributed by atoms with Crippen LogP contribution in [0.5, 0.6) is 5.75 Å². The van der Waals surface area contributed by atoms with Gasteiger partial charge < -0.3 is 15.0 Å². The molecule has 1 N–H and O–H groups in total. The Morgan fingerprint density at radius 3 is 2.20 bits per heavy atom. The minimum atomic E-state index is -4.18. The number of hydrogen-bond donors (Lipinski definition) is 1. The van der Waals surface area contributed by atoms with Crippen molar-refractivity contribution in [2.75, 3.05) is 24.5 Å². The number of benzene rings is 3. The van der Waals surface area contributed by atoms with Gasteiger partial charge >= 0.3 is 0 Å². The first-order valence-electron chi connectivity index (χ1n) is 13.0. The van der Waals surface area contributed by atoms with E-state index in [1.165, 1.54) is 24.1 Å². The van der Waals surface area contributed by atoms with Gasteiger partial charge in [-0.05, 0) is 73.9 Å². The van der Waals surface area contributed by atoms with Crippen LogP contribution in [-0.4, -0.2) is 51.4 Å². The van der Waals surface area contributed by atoms with Crippen LogP contribution in [0, 0.1) is 12.8 Å². The number of carbonyl (C=O) groups is 2. The van der Waals surface area contributed by atoms with E-state index in [9.17, 15) is 18.0 Å². The van der Waals surface area contributed by atoms with Gasteiger partial charge in [0.25, 0.3) is 10.0 Å². The number of ether oxygens (including phenoxy) is 1. The first-order valence-corrected chi connectivity index (χ1v) is 14.8. The summed E-state index contributed by atoms with van der Waals surface area (Å²) in [6.45, 7) is 7.62. The van der Waals surface area contributed by atoms with Crippen molar-refractivity contribution in [1.82, 2.24) is 10.2 Å². The van der Waals surface area contributed by atoms with Gasteiger partial charge in [0.15, 0.2) is 0 Å². The third kappa shape index (κ3) is 7.99. The summed E-state index contributed by atoms with van der Waals surface area (Å²) in [4.78, 5) is 28.4. The summed E-state index contributed by atoms with van der Waals surface area (Å²) >= 11 is 6.07. The minimum absolute atomic E-state index is 0.0102. The highest BCUT2D eigenvalue weighted by Crippen LogP contribution is 2.27. The second kappa shape index (κ2) is 13.7. The van der Waals surface area contributed by atoms with Crippen LogP contribution in [0.1, 0.15) is 31.9 Å². The van der Waals surface area contributed by atoms with Crippen LogP contribution in [0.2, 0.25) is 5.02 Å². The van der Waals surface area contributed by atoms with E-state index in [-0.39, 0.29) is 29.0 Å². The molecule has 0 aliphatic heterocycles. The number of rotatable bonds is 12. The first kappa shape index (κ1) is 31.0. The average molecular weight is 586 g/mol. The Morgan fingerprint density at radius 1 is 0.975 bits per heavy atom. The van der Waals surface area contributed by atoms with Crippen LogP contribution < -0.4 is 14.4 Å². The highest BCUT2D eigenvalue weighted by Gasteiger charge is 2.32. The Morgan fingerprint density at radius 2 is 1.62 bits per heavy atom. The molecular weight excluding hydrogens is 550 g/mol. The smallest absolute Gasteiger partial charge is 0.264 e. The number of halogens is 1. The monoisotopic (exact) mass is 585 g/mol. The fraction of sp³-hybridized carbons (Fsp3) is 0.333. The lowest BCUT2D eigenvalue weighted by Gasteiger charge is -2.32. The van der Waals surface area contributed by atoms with Crippen molar-refractivity contribution in [3.63, 3.8) is 0 Å². The predicted molar refractivity (Wildman–Crippen MR) is 158 cm³/mol. The summed E-state index contributed by atoms with van der Waals surface area (Å²) in [6.07, 6.45) is 0. The molecule has 40 heavy (non-hydrogen) atoms. The summed E-state index contributed by atoms with van der Waals surface area (Å²) in [7, 11) is -2.69. The fourth-order valence-corrected chi connectivity index (χ4v) is 5.59. The zero-order valence-corrected chi connectivity index (χ0v) is 25.0. The number of nitrogens with one attached hydrogen (secondary N) is 1. The summed E-state index contributed by atoms with van der Waals surface area (Å²) in [5.74, 6) is -0.114. The first-order chi connectivity index (χ1) is 18.9. The van der Waals surface area contributed by atoms with Crippen molar-refractivity contribution in [1.29, 1.82) is 0 Å². The maximum atomic E-state index is 13.9. The van der Waals surface area contributed by atoms with E-state index < -0.39 is 28.5 Å². The van der Waals surface area contributed by atoms with Gasteiger partial charge in [-0.1, -0.05) is 55.3 Å². The maximum Gasteiger partial charge on any atom is 0.264 e. The summed E-state index contributed by atoms with van der Waals surface area (Å²) in [5.41, 5.74) is 2.10. The number of hydrogen-bond acceptors (Lipinski definition) is 5. The van der Waals surface area contributed by atoms with Crippen molar-refractivity contribution in [3.8, 4) is 5.75 Å². The molecule has 0 aliphatic carbocycles. The summed E-state index contributed by atoms with van der Waals surface area (Å²) in [5, 5.41) is 3.31. The van der Waals surface area contributed by atoms with Gasteiger partial charge in [-0.25, -0.2) is 8.42 Å². The number of carbonyl (C=O) groups excluding carboxylic acids is 2. The van der Waals surface area contributed by atoms with Crippen LogP contribution in [0.25, 0.3) is 0 Å². The predicted octanol–water partition coefficient (Wildman–Crippen LogP) is 5.04.